The first-order chi connectivity index (χ1) is 13.0. The predicted molar refractivity (Wildman–Crippen MR) is 104 cm³/mol. The number of hydrogen-bond acceptors (Lipinski definition) is 4. The molecule has 0 bridgehead atoms. The third-order valence-electron chi connectivity index (χ3n) is 5.39. The molecule has 1 fully saturated rings. The van der Waals surface area contributed by atoms with Gasteiger partial charge >= 0.3 is 0 Å². The maximum Gasteiger partial charge on any atom is 0.255 e. The number of aryl methyl sites for hydroxylation is 1. The average molecular weight is 369 g/mol. The number of aromatic hydroxyl groups is 2. The van der Waals surface area contributed by atoms with Crippen LogP contribution in [-0.2, 0) is 6.54 Å². The molecule has 1 aliphatic carbocycles. The summed E-state index contributed by atoms with van der Waals surface area (Å²) in [4.78, 5) is 12.8. The van der Waals surface area contributed by atoms with Crippen LogP contribution in [0.2, 0.25) is 0 Å². The Bertz CT molecular complexity index is 825. The van der Waals surface area contributed by atoms with E-state index in [9.17, 15) is 15.0 Å². The Balaban J connectivity index is 1.81. The van der Waals surface area contributed by atoms with Crippen molar-refractivity contribution in [3.63, 3.8) is 0 Å². The minimum Gasteiger partial charge on any atom is -0.508 e. The fourth-order valence-corrected chi connectivity index (χ4v) is 3.87. The van der Waals surface area contributed by atoms with Crippen molar-refractivity contribution in [2.24, 2.45) is 0 Å². The summed E-state index contributed by atoms with van der Waals surface area (Å²) in [6.07, 6.45) is 6.08. The molecule has 5 nitrogen and oxygen atoms in total. The van der Waals surface area contributed by atoms with Gasteiger partial charge in [0.25, 0.3) is 5.91 Å². The lowest BCUT2D eigenvalue weighted by atomic mass is 9.81. The van der Waals surface area contributed by atoms with Gasteiger partial charge in [0.1, 0.15) is 17.2 Å². The van der Waals surface area contributed by atoms with E-state index < -0.39 is 0 Å². The van der Waals surface area contributed by atoms with Crippen molar-refractivity contribution in [1.82, 2.24) is 5.32 Å². The van der Waals surface area contributed by atoms with E-state index in [4.69, 9.17) is 4.74 Å². The third kappa shape index (κ3) is 4.35. The second-order valence-electron chi connectivity index (χ2n) is 7.24. The first-order valence-electron chi connectivity index (χ1n) is 9.47. The summed E-state index contributed by atoms with van der Waals surface area (Å²) >= 11 is 0. The first-order valence-corrected chi connectivity index (χ1v) is 9.47. The molecular weight excluding hydrogens is 342 g/mol. The van der Waals surface area contributed by atoms with Crippen molar-refractivity contribution in [2.75, 3.05) is 7.11 Å². The molecule has 0 spiro atoms. The molecule has 1 amide bonds. The highest BCUT2D eigenvalue weighted by molar-refractivity contribution is 5.97. The Kier molecular flexibility index (Phi) is 5.89. The van der Waals surface area contributed by atoms with E-state index in [-0.39, 0.29) is 24.0 Å². The van der Waals surface area contributed by atoms with E-state index in [1.54, 1.807) is 13.2 Å². The fraction of sp³-hybridized carbons (Fsp3) is 0.409. The van der Waals surface area contributed by atoms with E-state index in [1.807, 2.05) is 12.1 Å². The number of phenolic OH excluding ortho intramolecular Hbond substituents is 2. The van der Waals surface area contributed by atoms with E-state index in [2.05, 4.69) is 12.2 Å². The zero-order valence-corrected chi connectivity index (χ0v) is 15.9. The SMILES string of the molecule is COc1cc(C)c(C2CCCCC2)cc1C(=O)NCc1ccc(O)cc1O. The molecule has 0 atom stereocenters. The molecule has 0 heterocycles. The molecular formula is C22H27NO4. The monoisotopic (exact) mass is 369 g/mol. The minimum absolute atomic E-state index is 0.0140. The number of ether oxygens (including phenoxy) is 1. The lowest BCUT2D eigenvalue weighted by Gasteiger charge is -2.25. The van der Waals surface area contributed by atoms with Crippen LogP contribution in [0.15, 0.2) is 30.3 Å². The highest BCUT2D eigenvalue weighted by atomic mass is 16.5. The van der Waals surface area contributed by atoms with Gasteiger partial charge in [0.05, 0.1) is 12.7 Å². The molecule has 2 aromatic carbocycles. The van der Waals surface area contributed by atoms with Gasteiger partial charge in [-0.2, -0.15) is 0 Å². The normalized spacial score (nSPS) is 14.7. The molecule has 0 aromatic heterocycles. The quantitative estimate of drug-likeness (QED) is 0.730. The zero-order valence-electron chi connectivity index (χ0n) is 15.9. The van der Waals surface area contributed by atoms with Gasteiger partial charge in [-0.05, 0) is 61.1 Å². The van der Waals surface area contributed by atoms with Crippen molar-refractivity contribution in [3.8, 4) is 17.2 Å². The number of phenols is 2. The third-order valence-corrected chi connectivity index (χ3v) is 5.39. The van der Waals surface area contributed by atoms with Gasteiger partial charge in [0, 0.05) is 18.2 Å². The van der Waals surface area contributed by atoms with E-state index in [0.29, 0.717) is 22.8 Å². The van der Waals surface area contributed by atoms with Gasteiger partial charge < -0.3 is 20.3 Å². The molecule has 0 aliphatic heterocycles. The Morgan fingerprint density at radius 2 is 1.89 bits per heavy atom. The molecule has 27 heavy (non-hydrogen) atoms. The summed E-state index contributed by atoms with van der Waals surface area (Å²) < 4.78 is 5.44. The first kappa shape index (κ1) is 19.1. The van der Waals surface area contributed by atoms with Crippen molar-refractivity contribution >= 4 is 5.91 Å². The Hall–Kier alpha value is -2.69. The van der Waals surface area contributed by atoms with Crippen molar-refractivity contribution in [1.29, 1.82) is 0 Å². The molecule has 1 saturated carbocycles. The molecule has 0 saturated heterocycles. The Morgan fingerprint density at radius 1 is 1.15 bits per heavy atom. The summed E-state index contributed by atoms with van der Waals surface area (Å²) in [6.45, 7) is 2.24. The summed E-state index contributed by atoms with van der Waals surface area (Å²) in [5.74, 6) is 0.752. The fourth-order valence-electron chi connectivity index (χ4n) is 3.87. The maximum absolute atomic E-state index is 12.8. The summed E-state index contributed by atoms with van der Waals surface area (Å²) in [7, 11) is 1.57. The molecule has 1 aliphatic rings. The molecule has 144 valence electrons. The standard InChI is InChI=1S/C22H27NO4/c1-14-10-21(27-2)19(12-18(14)15-6-4-3-5-7-15)22(26)23-13-16-8-9-17(24)11-20(16)25/h8-12,15,24-25H,3-7,13H2,1-2H3,(H,23,26). The van der Waals surface area contributed by atoms with E-state index in [0.717, 1.165) is 18.4 Å². The number of carbonyl (C=O) groups is 1. The molecule has 2 aromatic rings. The van der Waals surface area contributed by atoms with Crippen molar-refractivity contribution < 1.29 is 19.7 Å². The number of carbonyl (C=O) groups excluding carboxylic acids is 1. The smallest absolute Gasteiger partial charge is 0.255 e. The van der Waals surface area contributed by atoms with Gasteiger partial charge in [-0.3, -0.25) is 4.79 Å². The van der Waals surface area contributed by atoms with Crippen LogP contribution in [0.5, 0.6) is 17.2 Å². The molecule has 3 N–H and O–H groups in total. The van der Waals surface area contributed by atoms with Crippen molar-refractivity contribution in [2.45, 2.75) is 51.5 Å². The minimum atomic E-state index is -0.239. The van der Waals surface area contributed by atoms with Crippen LogP contribution in [0.1, 0.15) is 65.1 Å². The molecule has 0 radical (unpaired) electrons. The van der Waals surface area contributed by atoms with Crippen LogP contribution < -0.4 is 10.1 Å². The Labute approximate surface area is 160 Å². The highest BCUT2D eigenvalue weighted by Gasteiger charge is 2.22. The summed E-state index contributed by atoms with van der Waals surface area (Å²) in [5.41, 5.74) is 3.45. The number of amides is 1. The van der Waals surface area contributed by atoms with E-state index in [1.165, 1.54) is 37.0 Å². The lowest BCUT2D eigenvalue weighted by Crippen LogP contribution is -2.24. The number of rotatable bonds is 5. The summed E-state index contributed by atoms with van der Waals surface area (Å²) in [5, 5.41) is 22.1. The second kappa shape index (κ2) is 8.33. The number of methoxy groups -OCH3 is 1. The molecule has 3 rings (SSSR count). The van der Waals surface area contributed by atoms with Gasteiger partial charge in [-0.1, -0.05) is 19.3 Å². The van der Waals surface area contributed by atoms with Crippen LogP contribution >= 0.6 is 0 Å². The Morgan fingerprint density at radius 3 is 2.56 bits per heavy atom. The largest absolute Gasteiger partial charge is 0.508 e. The highest BCUT2D eigenvalue weighted by Crippen LogP contribution is 2.37. The van der Waals surface area contributed by atoms with Crippen LogP contribution in [0.25, 0.3) is 0 Å². The van der Waals surface area contributed by atoms with Crippen LogP contribution in [0.4, 0.5) is 0 Å². The predicted octanol–water partition coefficient (Wildman–Crippen LogP) is 4.39. The molecule has 0 unspecified atom stereocenters. The zero-order chi connectivity index (χ0) is 19.4. The second-order valence-corrected chi connectivity index (χ2v) is 7.24. The van der Waals surface area contributed by atoms with E-state index >= 15 is 0 Å². The van der Waals surface area contributed by atoms with Gasteiger partial charge in [-0.15, -0.1) is 0 Å². The number of nitrogens with one attached hydrogen (secondary N) is 1. The number of hydrogen-bond donors (Lipinski definition) is 3. The maximum atomic E-state index is 12.8. The average Bonchev–Trinajstić information content (AvgIpc) is 2.67. The van der Waals surface area contributed by atoms with Crippen LogP contribution in [0, 0.1) is 6.92 Å². The molecule has 5 heteroatoms. The van der Waals surface area contributed by atoms with Gasteiger partial charge in [0.2, 0.25) is 0 Å². The topological polar surface area (TPSA) is 78.8 Å². The lowest BCUT2D eigenvalue weighted by molar-refractivity contribution is 0.0947. The van der Waals surface area contributed by atoms with Crippen molar-refractivity contribution in [3.05, 3.63) is 52.6 Å². The van der Waals surface area contributed by atoms with Crippen LogP contribution in [-0.4, -0.2) is 23.2 Å². The van der Waals surface area contributed by atoms with Crippen LogP contribution in [0.3, 0.4) is 0 Å². The number of benzene rings is 2. The van der Waals surface area contributed by atoms with Gasteiger partial charge in [0.15, 0.2) is 0 Å². The van der Waals surface area contributed by atoms with Gasteiger partial charge in [-0.25, -0.2) is 0 Å². The summed E-state index contributed by atoms with van der Waals surface area (Å²) in [6, 6.07) is 8.24.